The first-order chi connectivity index (χ1) is 3.86. The summed E-state index contributed by atoms with van der Waals surface area (Å²) in [6.07, 6.45) is 1.88. The Kier molecular flexibility index (Phi) is 0.835. The maximum atomic E-state index is 5.28. The number of morpholine rings is 1. The molecular formula is C5H7NOS. The minimum atomic E-state index is 0.267. The molecule has 0 aromatic heterocycles. The van der Waals surface area contributed by atoms with Gasteiger partial charge in [0.15, 0.2) is 0 Å². The second kappa shape index (κ2) is 1.42. The van der Waals surface area contributed by atoms with E-state index >= 15 is 0 Å². The van der Waals surface area contributed by atoms with Gasteiger partial charge in [0.2, 0.25) is 0 Å². The van der Waals surface area contributed by atoms with Gasteiger partial charge in [0.05, 0.1) is 6.10 Å². The summed E-state index contributed by atoms with van der Waals surface area (Å²) >= 11 is 4.93. The molecule has 2 atom stereocenters. The summed E-state index contributed by atoms with van der Waals surface area (Å²) in [5, 5.41) is 3.09. The number of rotatable bonds is 0. The third-order valence-corrected chi connectivity index (χ3v) is 2.04. The Bertz CT molecular complexity index is 128. The molecule has 44 valence electrons. The van der Waals surface area contributed by atoms with E-state index in [0.29, 0.717) is 6.10 Å². The number of piperidine rings is 1. The van der Waals surface area contributed by atoms with Gasteiger partial charge in [-0.15, -0.1) is 0 Å². The van der Waals surface area contributed by atoms with E-state index in [4.69, 9.17) is 17.0 Å². The lowest BCUT2D eigenvalue weighted by Crippen LogP contribution is -2.58. The zero-order valence-corrected chi connectivity index (χ0v) is 5.20. The zero-order valence-electron chi connectivity index (χ0n) is 4.39. The Morgan fingerprint density at radius 2 is 2.50 bits per heavy atom. The average molecular weight is 129 g/mol. The van der Waals surface area contributed by atoms with Crippen LogP contribution in [0.5, 0.6) is 0 Å². The van der Waals surface area contributed by atoms with Crippen LogP contribution in [0.1, 0.15) is 6.42 Å². The molecule has 0 saturated carbocycles. The molecule has 0 amide bonds. The molecule has 8 heavy (non-hydrogen) atoms. The van der Waals surface area contributed by atoms with Crippen LogP contribution in [0.25, 0.3) is 0 Å². The van der Waals surface area contributed by atoms with E-state index in [1.54, 1.807) is 0 Å². The second-order valence-electron chi connectivity index (χ2n) is 2.23. The van der Waals surface area contributed by atoms with E-state index in [1.807, 2.05) is 0 Å². The van der Waals surface area contributed by atoms with Crippen LogP contribution in [-0.4, -0.2) is 23.7 Å². The van der Waals surface area contributed by atoms with Crippen molar-refractivity contribution in [1.29, 1.82) is 0 Å². The number of nitrogens with one attached hydrogen (secondary N) is 1. The molecule has 3 heteroatoms. The maximum Gasteiger partial charge on any atom is 0.110 e. The fourth-order valence-corrected chi connectivity index (χ4v) is 1.32. The molecule has 1 N–H and O–H groups in total. The molecule has 3 heterocycles. The van der Waals surface area contributed by atoms with Crippen molar-refractivity contribution in [2.45, 2.75) is 18.6 Å². The van der Waals surface area contributed by atoms with Crippen molar-refractivity contribution in [3.63, 3.8) is 0 Å². The van der Waals surface area contributed by atoms with Gasteiger partial charge in [-0.2, -0.15) is 0 Å². The summed E-state index contributed by atoms with van der Waals surface area (Å²) in [6, 6.07) is 0. The van der Waals surface area contributed by atoms with Gasteiger partial charge in [-0.05, 0) is 0 Å². The highest BCUT2D eigenvalue weighted by molar-refractivity contribution is 7.80. The summed E-state index contributed by atoms with van der Waals surface area (Å²) in [5.74, 6) is 0. The molecule has 3 rings (SSSR count). The number of thiocarbonyl (C=S) groups is 1. The molecule has 0 aromatic rings. The SMILES string of the molecule is S=C1NC[C@H]2C[C@@H]1O2. The first kappa shape index (κ1) is 4.70. The topological polar surface area (TPSA) is 21.3 Å². The highest BCUT2D eigenvalue weighted by Gasteiger charge is 2.37. The van der Waals surface area contributed by atoms with Gasteiger partial charge in [-0.25, -0.2) is 0 Å². The fraction of sp³-hybridized carbons (Fsp3) is 0.800. The standard InChI is InChI=1S/C5H7NOS/c8-5-4-1-3(7-4)2-6-5/h3-4H,1-2H2,(H,6,8)/t3-,4+/m1/s1. The number of fused-ring (bicyclic) bond motifs is 2. The van der Waals surface area contributed by atoms with Crippen molar-refractivity contribution in [2.24, 2.45) is 0 Å². The predicted molar refractivity (Wildman–Crippen MR) is 33.9 cm³/mol. The highest BCUT2D eigenvalue weighted by Crippen LogP contribution is 2.24. The van der Waals surface area contributed by atoms with Gasteiger partial charge in [0.25, 0.3) is 0 Å². The van der Waals surface area contributed by atoms with E-state index in [1.165, 1.54) is 0 Å². The molecule has 0 radical (unpaired) electrons. The lowest BCUT2D eigenvalue weighted by molar-refractivity contribution is -0.0957. The van der Waals surface area contributed by atoms with Crippen LogP contribution in [0.15, 0.2) is 0 Å². The van der Waals surface area contributed by atoms with E-state index in [2.05, 4.69) is 5.32 Å². The van der Waals surface area contributed by atoms with Crippen LogP contribution >= 0.6 is 12.2 Å². The Labute approximate surface area is 53.2 Å². The summed E-state index contributed by atoms with van der Waals surface area (Å²) in [5.41, 5.74) is 0. The van der Waals surface area contributed by atoms with Crippen molar-refractivity contribution in [2.75, 3.05) is 6.54 Å². The molecule has 0 aromatic carbocycles. The molecule has 3 saturated heterocycles. The predicted octanol–water partition coefficient (Wildman–Crippen LogP) is 0.0745. The molecule has 3 aliphatic heterocycles. The molecule has 2 nitrogen and oxygen atoms in total. The van der Waals surface area contributed by atoms with E-state index < -0.39 is 0 Å². The van der Waals surface area contributed by atoms with E-state index in [0.717, 1.165) is 18.0 Å². The first-order valence-electron chi connectivity index (χ1n) is 2.79. The van der Waals surface area contributed by atoms with Gasteiger partial charge in [0.1, 0.15) is 11.1 Å². The van der Waals surface area contributed by atoms with Crippen LogP contribution in [-0.2, 0) is 4.74 Å². The first-order valence-corrected chi connectivity index (χ1v) is 3.20. The molecule has 3 fully saturated rings. The average Bonchev–Trinajstić information content (AvgIpc) is 1.62. The van der Waals surface area contributed by atoms with E-state index in [9.17, 15) is 0 Å². The number of hydrogen-bond acceptors (Lipinski definition) is 2. The summed E-state index contributed by atoms with van der Waals surface area (Å²) in [4.78, 5) is 0.896. The Hall–Kier alpha value is -0.150. The minimum Gasteiger partial charge on any atom is -0.375 e. The second-order valence-corrected chi connectivity index (χ2v) is 2.67. The third kappa shape index (κ3) is 0.485. The molecular weight excluding hydrogens is 122 g/mol. The van der Waals surface area contributed by atoms with Crippen molar-refractivity contribution in [3.05, 3.63) is 0 Å². The molecule has 0 unspecified atom stereocenters. The highest BCUT2D eigenvalue weighted by atomic mass is 32.1. The Morgan fingerprint density at radius 1 is 1.75 bits per heavy atom. The van der Waals surface area contributed by atoms with Crippen molar-refractivity contribution in [1.82, 2.24) is 5.32 Å². The minimum absolute atomic E-state index is 0.267. The fourth-order valence-electron chi connectivity index (χ4n) is 1.09. The summed E-state index contributed by atoms with van der Waals surface area (Å²) < 4.78 is 5.28. The van der Waals surface area contributed by atoms with Crippen molar-refractivity contribution in [3.8, 4) is 0 Å². The quantitative estimate of drug-likeness (QED) is 0.468. The van der Waals surface area contributed by atoms with Crippen LogP contribution in [0.4, 0.5) is 0 Å². The largest absolute Gasteiger partial charge is 0.375 e. The third-order valence-electron chi connectivity index (χ3n) is 1.63. The maximum absolute atomic E-state index is 5.28. The smallest absolute Gasteiger partial charge is 0.110 e. The number of hydrogen-bond donors (Lipinski definition) is 1. The van der Waals surface area contributed by atoms with Gasteiger partial charge < -0.3 is 10.1 Å². The van der Waals surface area contributed by atoms with Crippen molar-refractivity contribution >= 4 is 17.2 Å². The Morgan fingerprint density at radius 3 is 2.75 bits per heavy atom. The van der Waals surface area contributed by atoms with Gasteiger partial charge >= 0.3 is 0 Å². The normalized spacial score (nSPS) is 42.8. The molecule has 3 aliphatic rings. The van der Waals surface area contributed by atoms with Crippen molar-refractivity contribution < 1.29 is 4.74 Å². The zero-order chi connectivity index (χ0) is 5.56. The van der Waals surface area contributed by atoms with Crippen LogP contribution in [0.2, 0.25) is 0 Å². The Balaban J connectivity index is 2.10. The van der Waals surface area contributed by atoms with Gasteiger partial charge in [0, 0.05) is 13.0 Å². The molecule has 0 aliphatic carbocycles. The summed E-state index contributed by atoms with van der Waals surface area (Å²) in [7, 11) is 0. The monoisotopic (exact) mass is 129 g/mol. The molecule has 2 bridgehead atoms. The van der Waals surface area contributed by atoms with Crippen LogP contribution < -0.4 is 5.32 Å². The van der Waals surface area contributed by atoms with Gasteiger partial charge in [-0.1, -0.05) is 12.2 Å². The van der Waals surface area contributed by atoms with Crippen LogP contribution in [0, 0.1) is 0 Å². The lowest BCUT2D eigenvalue weighted by atomic mass is 10.0. The molecule has 0 spiro atoms. The van der Waals surface area contributed by atoms with Gasteiger partial charge in [-0.3, -0.25) is 0 Å². The summed E-state index contributed by atoms with van der Waals surface area (Å²) in [6.45, 7) is 0.926. The van der Waals surface area contributed by atoms with Crippen LogP contribution in [0.3, 0.4) is 0 Å². The van der Waals surface area contributed by atoms with E-state index in [-0.39, 0.29) is 6.10 Å². The lowest BCUT2D eigenvalue weighted by Gasteiger charge is -2.42. The number of ether oxygens (including phenoxy) is 1.